The number of aromatic nitrogens is 2. The van der Waals surface area contributed by atoms with Crippen LogP contribution in [0.5, 0.6) is 0 Å². The van der Waals surface area contributed by atoms with Crippen molar-refractivity contribution >= 4 is 0 Å². The van der Waals surface area contributed by atoms with Gasteiger partial charge in [0, 0.05) is 57.3 Å². The summed E-state index contributed by atoms with van der Waals surface area (Å²) < 4.78 is 7.81. The van der Waals surface area contributed by atoms with Crippen molar-refractivity contribution in [1.29, 1.82) is 0 Å². The van der Waals surface area contributed by atoms with Gasteiger partial charge in [-0.2, -0.15) is 0 Å². The van der Waals surface area contributed by atoms with E-state index >= 15 is 0 Å². The maximum absolute atomic E-state index is 5.62. The molecule has 1 unspecified atom stereocenters. The van der Waals surface area contributed by atoms with Crippen LogP contribution in [0.15, 0.2) is 12.4 Å². The van der Waals surface area contributed by atoms with Gasteiger partial charge in [-0.3, -0.25) is 4.90 Å². The lowest BCUT2D eigenvalue weighted by molar-refractivity contribution is 0.0351. The number of piperidine rings is 1. The molecular weight excluding hydrogens is 348 g/mol. The maximum atomic E-state index is 5.62. The van der Waals surface area contributed by atoms with E-state index in [4.69, 9.17) is 9.72 Å². The van der Waals surface area contributed by atoms with E-state index in [9.17, 15) is 0 Å². The third-order valence-electron chi connectivity index (χ3n) is 6.60. The number of nitrogens with one attached hydrogen (secondary N) is 1. The Kier molecular flexibility index (Phi) is 6.88. The van der Waals surface area contributed by atoms with Gasteiger partial charge in [-0.25, -0.2) is 4.98 Å². The van der Waals surface area contributed by atoms with Crippen molar-refractivity contribution in [3.8, 4) is 0 Å². The van der Waals surface area contributed by atoms with Crippen molar-refractivity contribution in [2.75, 3.05) is 26.3 Å². The minimum atomic E-state index is 0.267. The molecule has 5 heteroatoms. The van der Waals surface area contributed by atoms with E-state index < -0.39 is 0 Å². The molecule has 28 heavy (non-hydrogen) atoms. The molecule has 2 fully saturated rings. The monoisotopic (exact) mass is 390 g/mol. The molecule has 1 atom stereocenters. The van der Waals surface area contributed by atoms with Crippen molar-refractivity contribution in [1.82, 2.24) is 19.8 Å². The van der Waals surface area contributed by atoms with Crippen molar-refractivity contribution in [2.45, 2.75) is 84.3 Å². The number of aryl methyl sites for hydroxylation is 1. The normalized spacial score (nSPS) is 22.5. The van der Waals surface area contributed by atoms with Crippen LogP contribution in [0.25, 0.3) is 0 Å². The summed E-state index contributed by atoms with van der Waals surface area (Å²) in [5, 5.41) is 4.02. The number of nitrogens with zero attached hydrogens (tertiary/aromatic N) is 3. The fourth-order valence-corrected chi connectivity index (χ4v) is 5.46. The molecule has 0 aromatic carbocycles. The predicted octanol–water partition coefficient (Wildman–Crippen LogP) is 4.16. The standard InChI is InChI=1S/C23H42N4O/c1-22(2,3)17-23(4,5)27-12-7-19(8-13-27)25-20(18-9-15-28-16-10-18)21-24-11-14-26(21)6/h11,14,18-20,25H,7-10,12-13,15-17H2,1-6H3. The molecule has 3 rings (SSSR count). The third-order valence-corrected chi connectivity index (χ3v) is 6.60. The molecule has 2 saturated heterocycles. The Hall–Kier alpha value is -0.910. The first-order valence-corrected chi connectivity index (χ1v) is 11.2. The fraction of sp³-hybridized carbons (Fsp3) is 0.870. The van der Waals surface area contributed by atoms with Crippen LogP contribution in [0.3, 0.4) is 0 Å². The molecule has 5 nitrogen and oxygen atoms in total. The second-order valence-electron chi connectivity index (χ2n) is 10.8. The summed E-state index contributed by atoms with van der Waals surface area (Å²) in [6.07, 6.45) is 9.93. The molecule has 0 spiro atoms. The van der Waals surface area contributed by atoms with Gasteiger partial charge >= 0.3 is 0 Å². The van der Waals surface area contributed by atoms with Crippen molar-refractivity contribution < 1.29 is 4.74 Å². The Labute approximate surface area is 172 Å². The first-order chi connectivity index (χ1) is 13.2. The van der Waals surface area contributed by atoms with Crippen LogP contribution < -0.4 is 5.32 Å². The Balaban J connectivity index is 1.61. The highest BCUT2D eigenvalue weighted by molar-refractivity contribution is 5.03. The molecule has 160 valence electrons. The summed E-state index contributed by atoms with van der Waals surface area (Å²) in [5.41, 5.74) is 0.633. The molecule has 1 aromatic heterocycles. The van der Waals surface area contributed by atoms with Crippen molar-refractivity contribution in [3.05, 3.63) is 18.2 Å². The Morgan fingerprint density at radius 1 is 1.11 bits per heavy atom. The third kappa shape index (κ3) is 5.58. The number of imidazole rings is 1. The zero-order valence-electron chi connectivity index (χ0n) is 19.0. The average Bonchev–Trinajstić information content (AvgIpc) is 3.04. The molecule has 0 aliphatic carbocycles. The van der Waals surface area contributed by atoms with E-state index in [-0.39, 0.29) is 5.54 Å². The predicted molar refractivity (Wildman–Crippen MR) is 115 cm³/mol. The Bertz CT molecular complexity index is 604. The van der Waals surface area contributed by atoms with E-state index in [1.807, 2.05) is 6.20 Å². The van der Waals surface area contributed by atoms with Gasteiger partial charge in [-0.15, -0.1) is 0 Å². The van der Waals surface area contributed by atoms with Gasteiger partial charge < -0.3 is 14.6 Å². The second-order valence-corrected chi connectivity index (χ2v) is 10.8. The van der Waals surface area contributed by atoms with E-state index in [0.717, 1.165) is 26.1 Å². The quantitative estimate of drug-likeness (QED) is 0.792. The molecule has 1 N–H and O–H groups in total. The zero-order chi connectivity index (χ0) is 20.4. The summed E-state index contributed by atoms with van der Waals surface area (Å²) in [6, 6.07) is 0.911. The van der Waals surface area contributed by atoms with Crippen molar-refractivity contribution in [3.63, 3.8) is 0 Å². The summed E-state index contributed by atoms with van der Waals surface area (Å²) in [6.45, 7) is 16.0. The highest BCUT2D eigenvalue weighted by atomic mass is 16.5. The average molecular weight is 391 g/mol. The molecule has 0 radical (unpaired) electrons. The summed E-state index contributed by atoms with van der Waals surface area (Å²) in [7, 11) is 2.12. The van der Waals surface area contributed by atoms with E-state index in [2.05, 4.69) is 62.6 Å². The molecule has 2 aliphatic rings. The smallest absolute Gasteiger partial charge is 0.125 e. The van der Waals surface area contributed by atoms with E-state index in [0.29, 0.717) is 23.4 Å². The number of hydrogen-bond acceptors (Lipinski definition) is 4. The van der Waals surface area contributed by atoms with Crippen LogP contribution >= 0.6 is 0 Å². The lowest BCUT2D eigenvalue weighted by atomic mass is 9.80. The lowest BCUT2D eigenvalue weighted by Crippen LogP contribution is -2.53. The van der Waals surface area contributed by atoms with Gasteiger partial charge in [-0.05, 0) is 57.3 Å². The minimum Gasteiger partial charge on any atom is -0.381 e. The van der Waals surface area contributed by atoms with Crippen LogP contribution in [-0.4, -0.2) is 52.3 Å². The molecule has 0 saturated carbocycles. The molecule has 1 aromatic rings. The van der Waals surface area contributed by atoms with Crippen molar-refractivity contribution in [2.24, 2.45) is 18.4 Å². The van der Waals surface area contributed by atoms with Gasteiger partial charge in [-0.1, -0.05) is 20.8 Å². The zero-order valence-corrected chi connectivity index (χ0v) is 19.0. The Morgan fingerprint density at radius 3 is 2.29 bits per heavy atom. The maximum Gasteiger partial charge on any atom is 0.125 e. The molecule has 0 amide bonds. The van der Waals surface area contributed by atoms with Crippen LogP contribution in [0.2, 0.25) is 0 Å². The number of ether oxygens (including phenoxy) is 1. The highest BCUT2D eigenvalue weighted by Crippen LogP contribution is 2.34. The summed E-state index contributed by atoms with van der Waals surface area (Å²) >= 11 is 0. The van der Waals surface area contributed by atoms with Gasteiger partial charge in [0.15, 0.2) is 0 Å². The number of rotatable bonds is 6. The van der Waals surface area contributed by atoms with Crippen LogP contribution in [-0.2, 0) is 11.8 Å². The van der Waals surface area contributed by atoms with Gasteiger partial charge in [0.05, 0.1) is 6.04 Å². The molecule has 0 bridgehead atoms. The molecular formula is C23H42N4O. The van der Waals surface area contributed by atoms with Crippen LogP contribution in [0.4, 0.5) is 0 Å². The lowest BCUT2D eigenvalue weighted by Gasteiger charge is -2.46. The highest BCUT2D eigenvalue weighted by Gasteiger charge is 2.36. The van der Waals surface area contributed by atoms with Gasteiger partial charge in [0.1, 0.15) is 5.82 Å². The SMILES string of the molecule is Cn1ccnc1C(NC1CCN(C(C)(C)CC(C)(C)C)CC1)C1CCOCC1. The van der Waals surface area contributed by atoms with E-state index in [1.54, 1.807) is 0 Å². The minimum absolute atomic E-state index is 0.267. The summed E-state index contributed by atoms with van der Waals surface area (Å²) in [5.74, 6) is 1.80. The topological polar surface area (TPSA) is 42.3 Å². The largest absolute Gasteiger partial charge is 0.381 e. The number of hydrogen-bond donors (Lipinski definition) is 1. The first-order valence-electron chi connectivity index (χ1n) is 11.2. The Morgan fingerprint density at radius 2 is 1.75 bits per heavy atom. The van der Waals surface area contributed by atoms with Gasteiger partial charge in [0.25, 0.3) is 0 Å². The fourth-order valence-electron chi connectivity index (χ4n) is 5.46. The molecule has 3 heterocycles. The van der Waals surface area contributed by atoms with E-state index in [1.165, 1.54) is 38.2 Å². The number of likely N-dealkylation sites (tertiary alicyclic amines) is 1. The van der Waals surface area contributed by atoms with Crippen LogP contribution in [0, 0.1) is 11.3 Å². The summed E-state index contributed by atoms with van der Waals surface area (Å²) in [4.78, 5) is 7.41. The second kappa shape index (κ2) is 8.85. The van der Waals surface area contributed by atoms with Gasteiger partial charge in [0.2, 0.25) is 0 Å². The first kappa shape index (κ1) is 21.8. The van der Waals surface area contributed by atoms with Crippen LogP contribution in [0.1, 0.15) is 78.6 Å². The molecule has 2 aliphatic heterocycles.